The van der Waals surface area contributed by atoms with Crippen LogP contribution >= 0.6 is 0 Å². The molecule has 0 heterocycles. The van der Waals surface area contributed by atoms with E-state index in [1.54, 1.807) is 12.2 Å². The Morgan fingerprint density at radius 1 is 1.25 bits per heavy atom. The highest BCUT2D eigenvalue weighted by atomic mass is 16.2. The normalized spacial score (nSPS) is 9.42. The maximum atomic E-state index is 8.41. The van der Waals surface area contributed by atoms with Gasteiger partial charge in [-0.2, -0.15) is 0 Å². The molecule has 0 aromatic heterocycles. The van der Waals surface area contributed by atoms with E-state index in [1.165, 1.54) is 0 Å². The first-order valence-electron chi connectivity index (χ1n) is 3.76. The fourth-order valence-electron chi connectivity index (χ4n) is 0.758. The lowest BCUT2D eigenvalue weighted by atomic mass is 10.2. The molecule has 0 saturated heterocycles. The number of hydrogen-bond donors (Lipinski definition) is 1. The van der Waals surface area contributed by atoms with Crippen molar-refractivity contribution in [2.45, 2.75) is 0 Å². The predicted molar refractivity (Wildman–Crippen MR) is 49.5 cm³/mol. The Morgan fingerprint density at radius 2 is 2.00 bits per heavy atom. The Morgan fingerprint density at radius 3 is 2.67 bits per heavy atom. The fourth-order valence-corrected chi connectivity index (χ4v) is 0.758. The van der Waals surface area contributed by atoms with Gasteiger partial charge >= 0.3 is 0 Å². The average molecular weight is 158 g/mol. The molecule has 1 rings (SSSR count). The molecule has 0 unspecified atom stereocenters. The van der Waals surface area contributed by atoms with Crippen molar-refractivity contribution in [2.75, 3.05) is 6.61 Å². The van der Waals surface area contributed by atoms with Gasteiger partial charge in [0.1, 0.15) is 0 Å². The van der Waals surface area contributed by atoms with E-state index in [9.17, 15) is 0 Å². The average Bonchev–Trinajstić information content (AvgIpc) is 2.14. The van der Waals surface area contributed by atoms with Gasteiger partial charge in [-0.15, -0.1) is 0 Å². The van der Waals surface area contributed by atoms with Crippen molar-refractivity contribution in [1.29, 1.82) is 0 Å². The minimum atomic E-state index is 0.0451. The molecule has 0 aliphatic heterocycles. The summed E-state index contributed by atoms with van der Waals surface area (Å²) in [6.07, 6.45) is 3.25. The lowest BCUT2D eigenvalue weighted by molar-refractivity contribution is 0.343. The summed E-state index contributed by atoms with van der Waals surface area (Å²) in [5, 5.41) is 8.41. The Hall–Kier alpha value is -1.52. The van der Waals surface area contributed by atoms with Crippen LogP contribution < -0.4 is 0 Å². The largest absolute Gasteiger partial charge is 0.392 e. The van der Waals surface area contributed by atoms with Gasteiger partial charge in [-0.1, -0.05) is 36.1 Å². The van der Waals surface area contributed by atoms with Crippen LogP contribution in [0, 0.1) is 11.8 Å². The molecule has 0 atom stereocenters. The van der Waals surface area contributed by atoms with Gasteiger partial charge in [0.05, 0.1) is 6.61 Å². The number of allylic oxidation sites excluding steroid dienone is 1. The van der Waals surface area contributed by atoms with Crippen LogP contribution in [0.25, 0.3) is 0 Å². The molecule has 0 saturated carbocycles. The molecule has 0 spiro atoms. The van der Waals surface area contributed by atoms with Gasteiger partial charge in [-0.05, 0) is 18.2 Å². The lowest BCUT2D eigenvalue weighted by Gasteiger charge is -1.84. The van der Waals surface area contributed by atoms with Crippen molar-refractivity contribution < 1.29 is 5.11 Å². The zero-order valence-corrected chi connectivity index (χ0v) is 6.70. The Labute approximate surface area is 72.4 Å². The monoisotopic (exact) mass is 158 g/mol. The van der Waals surface area contributed by atoms with E-state index in [1.807, 2.05) is 30.3 Å². The minimum Gasteiger partial charge on any atom is -0.392 e. The van der Waals surface area contributed by atoms with E-state index in [0.29, 0.717) is 0 Å². The van der Waals surface area contributed by atoms with Crippen LogP contribution in [0.15, 0.2) is 42.5 Å². The second-order valence-corrected chi connectivity index (χ2v) is 2.22. The first-order chi connectivity index (χ1) is 5.93. The van der Waals surface area contributed by atoms with E-state index >= 15 is 0 Å². The standard InChI is InChI=1S/C11H10O/c12-10-6-2-5-9-11-7-3-1-4-8-11/h1-4,6-8,12H,10H2/b6-2-. The summed E-state index contributed by atoms with van der Waals surface area (Å²) in [5.74, 6) is 5.74. The van der Waals surface area contributed by atoms with Crippen LogP contribution in [0.2, 0.25) is 0 Å². The van der Waals surface area contributed by atoms with Crippen LogP contribution in [0.1, 0.15) is 5.56 Å². The molecule has 12 heavy (non-hydrogen) atoms. The van der Waals surface area contributed by atoms with Gasteiger partial charge in [0, 0.05) is 5.56 Å². The number of benzene rings is 1. The number of aliphatic hydroxyl groups excluding tert-OH is 1. The summed E-state index contributed by atoms with van der Waals surface area (Å²) in [4.78, 5) is 0. The highest BCUT2D eigenvalue weighted by molar-refractivity contribution is 5.36. The first-order valence-corrected chi connectivity index (χ1v) is 3.76. The van der Waals surface area contributed by atoms with Gasteiger partial charge in [-0.3, -0.25) is 0 Å². The fraction of sp³-hybridized carbons (Fsp3) is 0.0909. The maximum absolute atomic E-state index is 8.41. The summed E-state index contributed by atoms with van der Waals surface area (Å²) in [6.45, 7) is 0.0451. The second-order valence-electron chi connectivity index (χ2n) is 2.22. The molecule has 1 aromatic carbocycles. The zero-order chi connectivity index (χ0) is 8.65. The third-order valence-corrected chi connectivity index (χ3v) is 1.30. The van der Waals surface area contributed by atoms with Gasteiger partial charge in [0.15, 0.2) is 0 Å². The van der Waals surface area contributed by atoms with Gasteiger partial charge in [-0.25, -0.2) is 0 Å². The Kier molecular flexibility index (Phi) is 3.70. The molecular formula is C11H10O. The Balaban J connectivity index is 2.61. The van der Waals surface area contributed by atoms with Crippen molar-refractivity contribution in [1.82, 2.24) is 0 Å². The molecule has 0 bridgehead atoms. The quantitative estimate of drug-likeness (QED) is 0.615. The molecule has 60 valence electrons. The van der Waals surface area contributed by atoms with E-state index in [4.69, 9.17) is 5.11 Å². The maximum Gasteiger partial charge on any atom is 0.0621 e. The van der Waals surface area contributed by atoms with Gasteiger partial charge in [0.2, 0.25) is 0 Å². The summed E-state index contributed by atoms with van der Waals surface area (Å²) >= 11 is 0. The first kappa shape index (κ1) is 8.58. The summed E-state index contributed by atoms with van der Waals surface area (Å²) in [5.41, 5.74) is 0.986. The van der Waals surface area contributed by atoms with Crippen molar-refractivity contribution in [3.63, 3.8) is 0 Å². The van der Waals surface area contributed by atoms with Crippen LogP contribution in [0.5, 0.6) is 0 Å². The summed E-state index contributed by atoms with van der Waals surface area (Å²) in [6, 6.07) is 9.73. The van der Waals surface area contributed by atoms with Crippen LogP contribution in [0.3, 0.4) is 0 Å². The second kappa shape index (κ2) is 5.17. The number of aliphatic hydroxyl groups is 1. The number of rotatable bonds is 1. The van der Waals surface area contributed by atoms with Gasteiger partial charge in [0.25, 0.3) is 0 Å². The minimum absolute atomic E-state index is 0.0451. The Bertz CT molecular complexity index is 301. The molecule has 0 aliphatic rings. The molecule has 1 heteroatoms. The van der Waals surface area contributed by atoms with E-state index in [2.05, 4.69) is 11.8 Å². The summed E-state index contributed by atoms with van der Waals surface area (Å²) < 4.78 is 0. The zero-order valence-electron chi connectivity index (χ0n) is 6.70. The molecule has 1 aromatic rings. The third kappa shape index (κ3) is 3.05. The number of hydrogen-bond acceptors (Lipinski definition) is 1. The molecule has 1 N–H and O–H groups in total. The molecule has 0 radical (unpaired) electrons. The highest BCUT2D eigenvalue weighted by Crippen LogP contribution is 1.94. The molecule has 1 nitrogen and oxygen atoms in total. The molecule has 0 aliphatic carbocycles. The molecular weight excluding hydrogens is 148 g/mol. The van der Waals surface area contributed by atoms with Crippen LogP contribution in [-0.2, 0) is 0 Å². The van der Waals surface area contributed by atoms with Crippen LogP contribution in [-0.4, -0.2) is 11.7 Å². The SMILES string of the molecule is OC/C=C\C#Cc1ccccc1. The summed E-state index contributed by atoms with van der Waals surface area (Å²) in [7, 11) is 0. The highest BCUT2D eigenvalue weighted by Gasteiger charge is 1.78. The third-order valence-electron chi connectivity index (χ3n) is 1.30. The van der Waals surface area contributed by atoms with Crippen molar-refractivity contribution in [2.24, 2.45) is 0 Å². The van der Waals surface area contributed by atoms with E-state index in [-0.39, 0.29) is 6.61 Å². The smallest absolute Gasteiger partial charge is 0.0621 e. The predicted octanol–water partition coefficient (Wildman–Crippen LogP) is 1.59. The molecule has 0 amide bonds. The van der Waals surface area contributed by atoms with Gasteiger partial charge < -0.3 is 5.11 Å². The lowest BCUT2D eigenvalue weighted by Crippen LogP contribution is -1.70. The van der Waals surface area contributed by atoms with Crippen molar-refractivity contribution >= 4 is 0 Å². The van der Waals surface area contributed by atoms with Crippen molar-refractivity contribution in [3.05, 3.63) is 48.0 Å². The van der Waals surface area contributed by atoms with E-state index < -0.39 is 0 Å². The van der Waals surface area contributed by atoms with Crippen LogP contribution in [0.4, 0.5) is 0 Å². The molecule has 0 fully saturated rings. The van der Waals surface area contributed by atoms with E-state index in [0.717, 1.165) is 5.56 Å². The topological polar surface area (TPSA) is 20.2 Å². The van der Waals surface area contributed by atoms with Crippen molar-refractivity contribution in [3.8, 4) is 11.8 Å².